The number of hydrogen-bond donors (Lipinski definition) is 2. The summed E-state index contributed by atoms with van der Waals surface area (Å²) in [6.45, 7) is 8.45. The summed E-state index contributed by atoms with van der Waals surface area (Å²) < 4.78 is 0. The van der Waals surface area contributed by atoms with Gasteiger partial charge in [-0.1, -0.05) is 23.7 Å². The number of likely N-dealkylation sites (tertiary alicyclic amines) is 1. The molecule has 2 atom stereocenters. The first-order valence-electron chi connectivity index (χ1n) is 8.74. The van der Waals surface area contributed by atoms with E-state index in [0.717, 1.165) is 24.1 Å². The molecule has 0 bridgehead atoms. The van der Waals surface area contributed by atoms with E-state index in [1.54, 1.807) is 0 Å². The largest absolute Gasteiger partial charge is 0.356 e. The predicted octanol–water partition coefficient (Wildman–Crippen LogP) is 3.69. The van der Waals surface area contributed by atoms with E-state index >= 15 is 0 Å². The van der Waals surface area contributed by atoms with Gasteiger partial charge in [-0.05, 0) is 70.8 Å². The van der Waals surface area contributed by atoms with E-state index in [4.69, 9.17) is 11.6 Å². The zero-order chi connectivity index (χ0) is 17.7. The highest BCUT2D eigenvalue weighted by Crippen LogP contribution is 2.35. The molecule has 2 unspecified atom stereocenters. The molecule has 134 valence electrons. The molecule has 2 N–H and O–H groups in total. The molecule has 0 radical (unpaired) electrons. The van der Waals surface area contributed by atoms with E-state index in [9.17, 15) is 0 Å². The third-order valence-corrected chi connectivity index (χ3v) is 4.68. The molecule has 0 aromatic heterocycles. The highest BCUT2D eigenvalue weighted by molar-refractivity contribution is 6.30. The molecule has 1 fully saturated rings. The Labute approximate surface area is 151 Å². The van der Waals surface area contributed by atoms with Crippen molar-refractivity contribution in [3.63, 3.8) is 0 Å². The lowest BCUT2D eigenvalue weighted by atomic mass is 9.85. The fourth-order valence-corrected chi connectivity index (χ4v) is 3.65. The normalized spacial score (nSPS) is 23.2. The van der Waals surface area contributed by atoms with Crippen LogP contribution < -0.4 is 10.6 Å². The number of guanidine groups is 1. The Kier molecular flexibility index (Phi) is 6.53. The standard InChI is InChI=1S/C19H31ClN4/c1-19(2,3)23-18(21-4)22-13-15-9-7-11-24(5)17(15)14-8-6-10-16(20)12-14/h6,8,10,12,15,17H,7,9,11,13H2,1-5H3,(H2,21,22,23). The minimum Gasteiger partial charge on any atom is -0.356 e. The van der Waals surface area contributed by atoms with Crippen LogP contribution in [-0.2, 0) is 0 Å². The summed E-state index contributed by atoms with van der Waals surface area (Å²) >= 11 is 6.22. The fourth-order valence-electron chi connectivity index (χ4n) is 3.45. The molecule has 1 aromatic carbocycles. The van der Waals surface area contributed by atoms with Gasteiger partial charge in [-0.3, -0.25) is 9.89 Å². The number of hydrogen-bond acceptors (Lipinski definition) is 2. The molecule has 2 rings (SSSR count). The molecule has 1 aliphatic rings. The lowest BCUT2D eigenvalue weighted by molar-refractivity contribution is 0.122. The van der Waals surface area contributed by atoms with Crippen molar-refractivity contribution in [2.45, 2.75) is 45.2 Å². The average Bonchev–Trinajstić information content (AvgIpc) is 2.50. The van der Waals surface area contributed by atoms with Crippen LogP contribution in [-0.4, -0.2) is 43.6 Å². The van der Waals surface area contributed by atoms with Crippen molar-refractivity contribution >= 4 is 17.6 Å². The second kappa shape index (κ2) is 8.21. The molecule has 1 saturated heterocycles. The van der Waals surface area contributed by atoms with Crippen LogP contribution in [0, 0.1) is 5.92 Å². The van der Waals surface area contributed by atoms with E-state index in [1.165, 1.54) is 18.4 Å². The van der Waals surface area contributed by atoms with Gasteiger partial charge >= 0.3 is 0 Å². The van der Waals surface area contributed by atoms with Crippen LogP contribution in [0.1, 0.15) is 45.2 Å². The Morgan fingerprint density at radius 3 is 2.75 bits per heavy atom. The Balaban J connectivity index is 2.09. The molecule has 1 heterocycles. The first-order valence-corrected chi connectivity index (χ1v) is 9.12. The van der Waals surface area contributed by atoms with Crippen LogP contribution in [0.4, 0.5) is 0 Å². The third kappa shape index (κ3) is 5.38. The summed E-state index contributed by atoms with van der Waals surface area (Å²) in [4.78, 5) is 6.79. The van der Waals surface area contributed by atoms with Crippen molar-refractivity contribution in [1.29, 1.82) is 0 Å². The first-order chi connectivity index (χ1) is 11.3. The Morgan fingerprint density at radius 1 is 1.38 bits per heavy atom. The summed E-state index contributed by atoms with van der Waals surface area (Å²) in [5.74, 6) is 1.39. The quantitative estimate of drug-likeness (QED) is 0.645. The lowest BCUT2D eigenvalue weighted by Crippen LogP contribution is -2.50. The maximum atomic E-state index is 6.22. The zero-order valence-corrected chi connectivity index (χ0v) is 16.3. The van der Waals surface area contributed by atoms with Gasteiger partial charge in [0.2, 0.25) is 0 Å². The predicted molar refractivity (Wildman–Crippen MR) is 104 cm³/mol. The van der Waals surface area contributed by atoms with E-state index in [1.807, 2.05) is 19.2 Å². The molecule has 0 spiro atoms. The average molecular weight is 351 g/mol. The van der Waals surface area contributed by atoms with E-state index in [2.05, 4.69) is 60.5 Å². The van der Waals surface area contributed by atoms with Crippen LogP contribution >= 0.6 is 11.6 Å². The lowest BCUT2D eigenvalue weighted by Gasteiger charge is -2.40. The molecule has 0 amide bonds. The van der Waals surface area contributed by atoms with Gasteiger partial charge in [0.05, 0.1) is 0 Å². The molecule has 0 saturated carbocycles. The van der Waals surface area contributed by atoms with Crippen molar-refractivity contribution in [2.75, 3.05) is 27.2 Å². The van der Waals surface area contributed by atoms with Gasteiger partial charge < -0.3 is 10.6 Å². The maximum absolute atomic E-state index is 6.22. The number of piperidine rings is 1. The first kappa shape index (κ1) is 19.1. The minimum absolute atomic E-state index is 0.00242. The molecular weight excluding hydrogens is 320 g/mol. The van der Waals surface area contributed by atoms with E-state index in [0.29, 0.717) is 12.0 Å². The van der Waals surface area contributed by atoms with Crippen LogP contribution in [0.3, 0.4) is 0 Å². The zero-order valence-electron chi connectivity index (χ0n) is 15.6. The van der Waals surface area contributed by atoms with Crippen molar-refractivity contribution in [3.8, 4) is 0 Å². The van der Waals surface area contributed by atoms with Crippen molar-refractivity contribution in [3.05, 3.63) is 34.9 Å². The second-order valence-electron chi connectivity index (χ2n) is 7.71. The van der Waals surface area contributed by atoms with E-state index < -0.39 is 0 Å². The molecule has 24 heavy (non-hydrogen) atoms. The maximum Gasteiger partial charge on any atom is 0.191 e. The Morgan fingerprint density at radius 2 is 2.12 bits per heavy atom. The van der Waals surface area contributed by atoms with Gasteiger partial charge in [0.15, 0.2) is 5.96 Å². The highest BCUT2D eigenvalue weighted by Gasteiger charge is 2.30. The summed E-state index contributed by atoms with van der Waals surface area (Å²) in [7, 11) is 4.03. The number of nitrogens with zero attached hydrogens (tertiary/aromatic N) is 2. The minimum atomic E-state index is -0.00242. The van der Waals surface area contributed by atoms with Crippen molar-refractivity contribution in [2.24, 2.45) is 10.9 Å². The van der Waals surface area contributed by atoms with Gasteiger partial charge in [-0.15, -0.1) is 0 Å². The monoisotopic (exact) mass is 350 g/mol. The molecule has 5 heteroatoms. The van der Waals surface area contributed by atoms with Gasteiger partial charge in [0.1, 0.15) is 0 Å². The summed E-state index contributed by atoms with van der Waals surface area (Å²) in [6, 6.07) is 8.66. The number of aliphatic imine (C=N–C) groups is 1. The summed E-state index contributed by atoms with van der Waals surface area (Å²) in [5.41, 5.74) is 1.30. The second-order valence-corrected chi connectivity index (χ2v) is 8.15. The van der Waals surface area contributed by atoms with Crippen molar-refractivity contribution in [1.82, 2.24) is 15.5 Å². The van der Waals surface area contributed by atoms with E-state index in [-0.39, 0.29) is 5.54 Å². The van der Waals surface area contributed by atoms with Gasteiger partial charge in [0.25, 0.3) is 0 Å². The number of benzene rings is 1. The van der Waals surface area contributed by atoms with Crippen LogP contribution in [0.2, 0.25) is 5.02 Å². The third-order valence-electron chi connectivity index (χ3n) is 4.45. The van der Waals surface area contributed by atoms with Gasteiger partial charge in [-0.2, -0.15) is 0 Å². The molecule has 0 aliphatic carbocycles. The van der Waals surface area contributed by atoms with Crippen LogP contribution in [0.15, 0.2) is 29.3 Å². The number of rotatable bonds is 3. The topological polar surface area (TPSA) is 39.7 Å². The van der Waals surface area contributed by atoms with Crippen LogP contribution in [0.5, 0.6) is 0 Å². The number of nitrogens with one attached hydrogen (secondary N) is 2. The molecule has 1 aliphatic heterocycles. The summed E-state index contributed by atoms with van der Waals surface area (Å²) in [6.07, 6.45) is 2.44. The number of halogens is 1. The smallest absolute Gasteiger partial charge is 0.191 e. The molecule has 1 aromatic rings. The van der Waals surface area contributed by atoms with Gasteiger partial charge in [0, 0.05) is 30.2 Å². The SMILES string of the molecule is CN=C(NCC1CCCN(C)C1c1cccc(Cl)c1)NC(C)(C)C. The highest BCUT2D eigenvalue weighted by atomic mass is 35.5. The molecule has 4 nitrogen and oxygen atoms in total. The molecular formula is C19H31ClN4. The fraction of sp³-hybridized carbons (Fsp3) is 0.632. The van der Waals surface area contributed by atoms with Gasteiger partial charge in [-0.25, -0.2) is 0 Å². The Bertz CT molecular complexity index is 565. The Hall–Kier alpha value is -1.26. The summed E-state index contributed by atoms with van der Waals surface area (Å²) in [5, 5.41) is 7.74. The van der Waals surface area contributed by atoms with Crippen LogP contribution in [0.25, 0.3) is 0 Å². The van der Waals surface area contributed by atoms with Crippen molar-refractivity contribution < 1.29 is 0 Å².